The average molecular weight is 438 g/mol. The predicted octanol–water partition coefficient (Wildman–Crippen LogP) is 7.88. The number of hydrogen-bond acceptors (Lipinski definition) is 1. The fourth-order valence-electron chi connectivity index (χ4n) is 4.79. The number of rotatable bonds is 5. The van der Waals surface area contributed by atoms with Crippen LogP contribution in [0.4, 0.5) is 0 Å². The zero-order valence-electron chi connectivity index (χ0n) is 18.7. The van der Waals surface area contributed by atoms with E-state index in [9.17, 15) is 0 Å². The summed E-state index contributed by atoms with van der Waals surface area (Å²) in [5.41, 5.74) is 6.71. The summed E-state index contributed by atoms with van der Waals surface area (Å²) in [5, 5.41) is 3.68. The molecule has 3 aromatic heterocycles. The van der Waals surface area contributed by atoms with Crippen LogP contribution in [0.2, 0.25) is 0 Å². The summed E-state index contributed by atoms with van der Waals surface area (Å²) >= 11 is 0. The quantitative estimate of drug-likeness (QED) is 0.252. The smallest absolute Gasteiger partial charge is 0.137 e. The van der Waals surface area contributed by atoms with E-state index >= 15 is 0 Å². The topological polar surface area (TPSA) is 22.8 Å². The summed E-state index contributed by atoms with van der Waals surface area (Å²) < 4.78 is 4.49. The summed E-state index contributed by atoms with van der Waals surface area (Å²) in [6, 6.07) is 29.9. The van der Waals surface area contributed by atoms with Crippen molar-refractivity contribution in [2.45, 2.75) is 0 Å². The SMILES string of the molecule is C=CC=C(C=C)c1ccnc(-n2ccc3cc4c5ccccc5n(-c5ccccc5)c4cc32)c1. The normalized spacial score (nSPS) is 11.9. The van der Waals surface area contributed by atoms with Gasteiger partial charge in [0, 0.05) is 34.2 Å². The molecule has 0 spiro atoms. The highest BCUT2D eigenvalue weighted by molar-refractivity contribution is 6.13. The van der Waals surface area contributed by atoms with Crippen LogP contribution in [0.5, 0.6) is 0 Å². The van der Waals surface area contributed by atoms with Crippen LogP contribution >= 0.6 is 0 Å². The molecule has 0 amide bonds. The fraction of sp³-hybridized carbons (Fsp3) is 0. The second kappa shape index (κ2) is 8.05. The van der Waals surface area contributed by atoms with Gasteiger partial charge in [-0.2, -0.15) is 0 Å². The Labute approximate surface area is 198 Å². The molecule has 0 aliphatic rings. The number of fused-ring (bicyclic) bond motifs is 4. The Morgan fingerprint density at radius 3 is 2.41 bits per heavy atom. The van der Waals surface area contributed by atoms with Gasteiger partial charge in [-0.1, -0.05) is 67.8 Å². The van der Waals surface area contributed by atoms with Crippen molar-refractivity contribution in [1.82, 2.24) is 14.1 Å². The molecule has 0 aliphatic carbocycles. The minimum absolute atomic E-state index is 0.867. The monoisotopic (exact) mass is 437 g/mol. The summed E-state index contributed by atoms with van der Waals surface area (Å²) in [7, 11) is 0. The van der Waals surface area contributed by atoms with E-state index in [1.54, 1.807) is 6.08 Å². The van der Waals surface area contributed by atoms with Crippen LogP contribution in [0.1, 0.15) is 5.56 Å². The van der Waals surface area contributed by atoms with Crippen LogP contribution in [0.15, 0.2) is 129 Å². The number of hydrogen-bond donors (Lipinski definition) is 0. The average Bonchev–Trinajstić information content (AvgIpc) is 3.45. The maximum atomic E-state index is 4.68. The van der Waals surface area contributed by atoms with Gasteiger partial charge in [0.2, 0.25) is 0 Å². The first-order chi connectivity index (χ1) is 16.8. The summed E-state index contributed by atoms with van der Waals surface area (Å²) in [4.78, 5) is 4.68. The molecular weight excluding hydrogens is 414 g/mol. The van der Waals surface area contributed by atoms with Crippen LogP contribution in [0, 0.1) is 0 Å². The van der Waals surface area contributed by atoms with Crippen molar-refractivity contribution in [3.05, 3.63) is 134 Å². The molecule has 0 atom stereocenters. The van der Waals surface area contributed by atoms with Gasteiger partial charge in [0.15, 0.2) is 0 Å². The highest BCUT2D eigenvalue weighted by Crippen LogP contribution is 2.35. The largest absolute Gasteiger partial charge is 0.309 e. The summed E-state index contributed by atoms with van der Waals surface area (Å²) in [6.45, 7) is 7.77. The lowest BCUT2D eigenvalue weighted by Crippen LogP contribution is -1.97. The summed E-state index contributed by atoms with van der Waals surface area (Å²) in [5.74, 6) is 0.867. The van der Waals surface area contributed by atoms with Gasteiger partial charge in [-0.25, -0.2) is 4.98 Å². The molecule has 0 saturated heterocycles. The zero-order valence-corrected chi connectivity index (χ0v) is 18.7. The molecule has 6 aromatic rings. The van der Waals surface area contributed by atoms with Crippen LogP contribution in [0.25, 0.3) is 49.8 Å². The van der Waals surface area contributed by atoms with E-state index in [-0.39, 0.29) is 0 Å². The Balaban J connectivity index is 1.63. The number of aromatic nitrogens is 3. The molecule has 162 valence electrons. The first kappa shape index (κ1) is 20.0. The lowest BCUT2D eigenvalue weighted by molar-refractivity contribution is 1.04. The molecule has 3 heteroatoms. The number of benzene rings is 3. The molecular formula is C31H23N3. The lowest BCUT2D eigenvalue weighted by Gasteiger charge is -2.10. The van der Waals surface area contributed by atoms with Gasteiger partial charge in [-0.3, -0.25) is 0 Å². The molecule has 0 aliphatic heterocycles. The fourth-order valence-corrected chi connectivity index (χ4v) is 4.79. The van der Waals surface area contributed by atoms with Crippen LogP contribution < -0.4 is 0 Å². The van der Waals surface area contributed by atoms with E-state index in [2.05, 4.69) is 112 Å². The van der Waals surface area contributed by atoms with Gasteiger partial charge in [-0.15, -0.1) is 0 Å². The van der Waals surface area contributed by atoms with Crippen molar-refractivity contribution >= 4 is 38.3 Å². The standard InChI is InChI=1S/C31H23N3/c1-3-10-22(4-2)23-15-17-32-31(20-23)33-18-16-24-19-27-26-13-8-9-14-28(26)34(30(27)21-29(24)33)25-11-6-5-7-12-25/h3-21H,1-2H2. The first-order valence-electron chi connectivity index (χ1n) is 11.3. The predicted molar refractivity (Wildman–Crippen MR) is 144 cm³/mol. The number of nitrogens with zero attached hydrogens (tertiary/aromatic N) is 3. The zero-order chi connectivity index (χ0) is 23.1. The lowest BCUT2D eigenvalue weighted by atomic mass is 10.1. The van der Waals surface area contributed by atoms with Crippen molar-refractivity contribution in [1.29, 1.82) is 0 Å². The maximum absolute atomic E-state index is 4.68. The van der Waals surface area contributed by atoms with Crippen molar-refractivity contribution in [3.63, 3.8) is 0 Å². The van der Waals surface area contributed by atoms with E-state index in [0.717, 1.165) is 28.2 Å². The maximum Gasteiger partial charge on any atom is 0.137 e. The minimum atomic E-state index is 0.867. The van der Waals surface area contributed by atoms with Crippen molar-refractivity contribution < 1.29 is 0 Å². The molecule has 0 saturated carbocycles. The van der Waals surface area contributed by atoms with Crippen LogP contribution in [-0.2, 0) is 0 Å². The Kier molecular flexibility index (Phi) is 4.74. The molecule has 0 fully saturated rings. The number of pyridine rings is 1. The molecule has 3 nitrogen and oxygen atoms in total. The van der Waals surface area contributed by atoms with E-state index in [0.29, 0.717) is 0 Å². The van der Waals surface area contributed by atoms with Crippen molar-refractivity contribution in [3.8, 4) is 11.5 Å². The molecule has 0 radical (unpaired) electrons. The van der Waals surface area contributed by atoms with Crippen LogP contribution in [-0.4, -0.2) is 14.1 Å². The third kappa shape index (κ3) is 3.10. The Morgan fingerprint density at radius 1 is 0.765 bits per heavy atom. The molecule has 3 heterocycles. The van der Waals surface area contributed by atoms with E-state index in [4.69, 9.17) is 0 Å². The van der Waals surface area contributed by atoms with Gasteiger partial charge in [0.1, 0.15) is 5.82 Å². The highest BCUT2D eigenvalue weighted by Gasteiger charge is 2.15. The second-order valence-corrected chi connectivity index (χ2v) is 8.27. The molecule has 0 N–H and O–H groups in total. The molecule has 34 heavy (non-hydrogen) atoms. The molecule has 6 rings (SSSR count). The van der Waals surface area contributed by atoms with Crippen molar-refractivity contribution in [2.24, 2.45) is 0 Å². The van der Waals surface area contributed by atoms with Gasteiger partial charge in [-0.05, 0) is 59.7 Å². The number of para-hydroxylation sites is 2. The Morgan fingerprint density at radius 2 is 1.59 bits per heavy atom. The third-order valence-corrected chi connectivity index (χ3v) is 6.34. The second-order valence-electron chi connectivity index (χ2n) is 8.27. The van der Waals surface area contributed by atoms with Gasteiger partial charge in [0.25, 0.3) is 0 Å². The van der Waals surface area contributed by atoms with Crippen molar-refractivity contribution in [2.75, 3.05) is 0 Å². The third-order valence-electron chi connectivity index (χ3n) is 6.34. The number of allylic oxidation sites excluding steroid dienone is 4. The molecule has 0 unspecified atom stereocenters. The van der Waals surface area contributed by atoms with E-state index in [1.807, 2.05) is 24.4 Å². The van der Waals surface area contributed by atoms with E-state index < -0.39 is 0 Å². The molecule has 3 aromatic carbocycles. The Hall–Kier alpha value is -4.63. The van der Waals surface area contributed by atoms with Crippen LogP contribution in [0.3, 0.4) is 0 Å². The van der Waals surface area contributed by atoms with Gasteiger partial charge >= 0.3 is 0 Å². The minimum Gasteiger partial charge on any atom is -0.309 e. The Bertz CT molecular complexity index is 1730. The summed E-state index contributed by atoms with van der Waals surface area (Å²) in [6.07, 6.45) is 9.52. The molecule has 0 bridgehead atoms. The first-order valence-corrected chi connectivity index (χ1v) is 11.3. The highest BCUT2D eigenvalue weighted by atomic mass is 15.1. The van der Waals surface area contributed by atoms with Gasteiger partial charge in [0.05, 0.1) is 16.6 Å². The van der Waals surface area contributed by atoms with E-state index in [1.165, 1.54) is 27.2 Å². The van der Waals surface area contributed by atoms with Gasteiger partial charge < -0.3 is 9.13 Å².